The summed E-state index contributed by atoms with van der Waals surface area (Å²) in [7, 11) is 0. The largest absolute Gasteiger partial charge is 0.462 e. The lowest BCUT2D eigenvalue weighted by Gasteiger charge is -2.11. The third kappa shape index (κ3) is 5.32. The van der Waals surface area contributed by atoms with E-state index in [0.29, 0.717) is 17.0 Å². The maximum Gasteiger partial charge on any atom is 0.339 e. The van der Waals surface area contributed by atoms with Crippen LogP contribution in [0.3, 0.4) is 0 Å². The van der Waals surface area contributed by atoms with Crippen LogP contribution in [0.15, 0.2) is 24.3 Å². The second-order valence-electron chi connectivity index (χ2n) is 5.92. The number of carbonyl (C=O) groups excluding carboxylic acids is 3. The Morgan fingerprint density at radius 1 is 1.18 bits per heavy atom. The van der Waals surface area contributed by atoms with Gasteiger partial charge in [-0.3, -0.25) is 9.59 Å². The van der Waals surface area contributed by atoms with Crippen molar-refractivity contribution in [3.63, 3.8) is 0 Å². The van der Waals surface area contributed by atoms with E-state index in [9.17, 15) is 18.8 Å². The number of hydrogen-bond acceptors (Lipinski definition) is 5. The monoisotopic (exact) mass is 410 g/mol. The van der Waals surface area contributed by atoms with Crippen LogP contribution in [0.4, 0.5) is 10.1 Å². The zero-order valence-electron chi connectivity index (χ0n) is 15.7. The molecule has 28 heavy (non-hydrogen) atoms. The van der Waals surface area contributed by atoms with E-state index >= 15 is 0 Å². The van der Waals surface area contributed by atoms with Crippen molar-refractivity contribution in [1.82, 2.24) is 4.57 Å². The SMILES string of the molecule is CCOC(=O)c1cc(C)n(CC(=O)OCC(=O)Nc2cc(Cl)ccc2F)c1C. The molecule has 0 aliphatic rings. The number of nitrogens with zero attached hydrogens (tertiary/aromatic N) is 1. The molecular formula is C19H20ClFN2O5. The van der Waals surface area contributed by atoms with Crippen molar-refractivity contribution in [3.05, 3.63) is 52.1 Å². The summed E-state index contributed by atoms with van der Waals surface area (Å²) in [6.07, 6.45) is 0. The number of amides is 1. The number of aryl methyl sites for hydroxylation is 1. The van der Waals surface area contributed by atoms with Crippen LogP contribution in [0.25, 0.3) is 0 Å². The van der Waals surface area contributed by atoms with Crippen LogP contribution in [-0.4, -0.2) is 35.6 Å². The van der Waals surface area contributed by atoms with E-state index in [1.165, 1.54) is 12.1 Å². The first-order valence-corrected chi connectivity index (χ1v) is 8.85. The average molecular weight is 411 g/mol. The van der Waals surface area contributed by atoms with E-state index in [1.807, 2.05) is 0 Å². The summed E-state index contributed by atoms with van der Waals surface area (Å²) >= 11 is 5.75. The minimum Gasteiger partial charge on any atom is -0.462 e. The highest BCUT2D eigenvalue weighted by molar-refractivity contribution is 6.30. The molecule has 1 aromatic heterocycles. The van der Waals surface area contributed by atoms with Gasteiger partial charge in [-0.1, -0.05) is 11.6 Å². The molecule has 2 aromatic rings. The Hall–Kier alpha value is -2.87. The van der Waals surface area contributed by atoms with Crippen LogP contribution < -0.4 is 5.32 Å². The van der Waals surface area contributed by atoms with Crippen LogP contribution >= 0.6 is 11.6 Å². The molecule has 0 radical (unpaired) electrons. The van der Waals surface area contributed by atoms with E-state index in [1.54, 1.807) is 31.4 Å². The summed E-state index contributed by atoms with van der Waals surface area (Å²) in [5.74, 6) is -2.52. The van der Waals surface area contributed by atoms with Crippen LogP contribution in [0.2, 0.25) is 5.02 Å². The first-order chi connectivity index (χ1) is 13.2. The van der Waals surface area contributed by atoms with Gasteiger partial charge in [-0.2, -0.15) is 0 Å². The number of esters is 2. The summed E-state index contributed by atoms with van der Waals surface area (Å²) in [5.41, 5.74) is 1.48. The zero-order valence-corrected chi connectivity index (χ0v) is 16.4. The number of carbonyl (C=O) groups is 3. The highest BCUT2D eigenvalue weighted by atomic mass is 35.5. The van der Waals surface area contributed by atoms with Gasteiger partial charge in [-0.05, 0) is 45.0 Å². The number of nitrogens with one attached hydrogen (secondary N) is 1. The van der Waals surface area contributed by atoms with Gasteiger partial charge in [0.15, 0.2) is 6.61 Å². The van der Waals surface area contributed by atoms with Gasteiger partial charge in [0, 0.05) is 16.4 Å². The Morgan fingerprint density at radius 2 is 1.89 bits per heavy atom. The minimum absolute atomic E-state index is 0.107. The molecule has 1 aromatic carbocycles. The number of hydrogen-bond donors (Lipinski definition) is 1. The van der Waals surface area contributed by atoms with Gasteiger partial charge in [-0.25, -0.2) is 9.18 Å². The molecule has 0 saturated carbocycles. The van der Waals surface area contributed by atoms with Crippen molar-refractivity contribution >= 4 is 35.1 Å². The summed E-state index contributed by atoms with van der Waals surface area (Å²) < 4.78 is 25.1. The number of halogens is 2. The molecule has 0 fully saturated rings. The summed E-state index contributed by atoms with van der Waals surface area (Å²) in [5, 5.41) is 2.54. The molecule has 9 heteroatoms. The first kappa shape index (κ1) is 21.4. The number of anilines is 1. The Labute approximate surface area is 166 Å². The maximum atomic E-state index is 13.6. The lowest BCUT2D eigenvalue weighted by atomic mass is 10.2. The van der Waals surface area contributed by atoms with Crippen molar-refractivity contribution < 1.29 is 28.2 Å². The van der Waals surface area contributed by atoms with Gasteiger partial charge in [0.2, 0.25) is 0 Å². The molecule has 150 valence electrons. The molecule has 1 N–H and O–H groups in total. The van der Waals surface area contributed by atoms with Crippen LogP contribution in [0.1, 0.15) is 28.7 Å². The summed E-state index contributed by atoms with van der Waals surface area (Å²) in [6.45, 7) is 4.59. The second kappa shape index (κ2) is 9.36. The van der Waals surface area contributed by atoms with Crippen molar-refractivity contribution in [2.75, 3.05) is 18.5 Å². The number of aromatic nitrogens is 1. The van der Waals surface area contributed by atoms with E-state index in [0.717, 1.165) is 6.07 Å². The fourth-order valence-corrected chi connectivity index (χ4v) is 2.73. The fraction of sp³-hybridized carbons (Fsp3) is 0.316. The van der Waals surface area contributed by atoms with Gasteiger partial charge in [0.1, 0.15) is 12.4 Å². The predicted molar refractivity (Wildman–Crippen MR) is 101 cm³/mol. The molecule has 0 aliphatic carbocycles. The van der Waals surface area contributed by atoms with Crippen molar-refractivity contribution in [1.29, 1.82) is 0 Å². The van der Waals surface area contributed by atoms with Crippen LogP contribution in [-0.2, 0) is 25.6 Å². The Balaban J connectivity index is 1.95. The Morgan fingerprint density at radius 3 is 2.57 bits per heavy atom. The molecule has 2 rings (SSSR count). The second-order valence-corrected chi connectivity index (χ2v) is 6.36. The molecule has 0 saturated heterocycles. The summed E-state index contributed by atoms with van der Waals surface area (Å²) in [4.78, 5) is 35.8. The maximum absolute atomic E-state index is 13.6. The highest BCUT2D eigenvalue weighted by Crippen LogP contribution is 2.19. The lowest BCUT2D eigenvalue weighted by molar-refractivity contribution is -0.147. The molecule has 0 aliphatic heterocycles. The topological polar surface area (TPSA) is 86.6 Å². The standard InChI is InChI=1S/C19H20ClFN2O5/c1-4-27-19(26)14-7-11(2)23(12(14)3)9-18(25)28-10-17(24)22-16-8-13(20)5-6-15(16)21/h5-8H,4,9-10H2,1-3H3,(H,22,24). The summed E-state index contributed by atoms with van der Waals surface area (Å²) in [6, 6.07) is 5.33. The molecule has 0 spiro atoms. The first-order valence-electron chi connectivity index (χ1n) is 8.47. The van der Waals surface area contributed by atoms with Crippen LogP contribution in [0, 0.1) is 19.7 Å². The Kier molecular flexibility index (Phi) is 7.17. The normalized spacial score (nSPS) is 10.5. The number of rotatable bonds is 7. The van der Waals surface area contributed by atoms with E-state index in [-0.39, 0.29) is 23.9 Å². The van der Waals surface area contributed by atoms with Gasteiger partial charge in [-0.15, -0.1) is 0 Å². The Bertz CT molecular complexity index is 910. The highest BCUT2D eigenvalue weighted by Gasteiger charge is 2.19. The third-order valence-electron chi connectivity index (χ3n) is 3.92. The lowest BCUT2D eigenvalue weighted by Crippen LogP contribution is -2.24. The minimum atomic E-state index is -0.706. The van der Waals surface area contributed by atoms with E-state index < -0.39 is 30.3 Å². The quantitative estimate of drug-likeness (QED) is 0.708. The molecule has 1 amide bonds. The van der Waals surface area contributed by atoms with E-state index in [2.05, 4.69) is 5.32 Å². The van der Waals surface area contributed by atoms with E-state index in [4.69, 9.17) is 21.1 Å². The van der Waals surface area contributed by atoms with Gasteiger partial charge in [0.25, 0.3) is 5.91 Å². The van der Waals surface area contributed by atoms with Crippen molar-refractivity contribution in [2.45, 2.75) is 27.3 Å². The number of ether oxygens (including phenoxy) is 2. The average Bonchev–Trinajstić information content (AvgIpc) is 2.91. The van der Waals surface area contributed by atoms with Gasteiger partial charge < -0.3 is 19.4 Å². The molecule has 0 bridgehead atoms. The van der Waals surface area contributed by atoms with Crippen molar-refractivity contribution in [2.24, 2.45) is 0 Å². The molecule has 0 unspecified atom stereocenters. The van der Waals surface area contributed by atoms with Crippen molar-refractivity contribution in [3.8, 4) is 0 Å². The predicted octanol–water partition coefficient (Wildman–Crippen LogP) is 3.26. The molecular weight excluding hydrogens is 391 g/mol. The van der Waals surface area contributed by atoms with Crippen LogP contribution in [0.5, 0.6) is 0 Å². The zero-order chi connectivity index (χ0) is 20.8. The molecule has 1 heterocycles. The number of benzene rings is 1. The van der Waals surface area contributed by atoms with Gasteiger partial charge >= 0.3 is 11.9 Å². The molecule has 0 atom stereocenters. The third-order valence-corrected chi connectivity index (χ3v) is 4.16. The smallest absolute Gasteiger partial charge is 0.339 e. The van der Waals surface area contributed by atoms with Gasteiger partial charge in [0.05, 0.1) is 17.9 Å². The molecule has 7 nitrogen and oxygen atoms in total. The fourth-order valence-electron chi connectivity index (χ4n) is 2.56.